The van der Waals surface area contributed by atoms with Crippen molar-refractivity contribution in [1.29, 1.82) is 0 Å². The predicted octanol–water partition coefficient (Wildman–Crippen LogP) is 4.31. The molecule has 32 heavy (non-hydrogen) atoms. The Morgan fingerprint density at radius 3 is 2.44 bits per heavy atom. The van der Waals surface area contributed by atoms with E-state index in [4.69, 9.17) is 8.92 Å². The summed E-state index contributed by atoms with van der Waals surface area (Å²) < 4.78 is 38.8. The first-order chi connectivity index (χ1) is 15.1. The van der Waals surface area contributed by atoms with E-state index >= 15 is 0 Å². The number of rotatable bonds is 9. The number of oxime groups is 1. The summed E-state index contributed by atoms with van der Waals surface area (Å²) in [5, 5.41) is 4.33. The van der Waals surface area contributed by atoms with Crippen molar-refractivity contribution in [2.24, 2.45) is 5.16 Å². The van der Waals surface area contributed by atoms with Gasteiger partial charge in [-0.25, -0.2) is 4.28 Å². The lowest BCUT2D eigenvalue weighted by Gasteiger charge is -2.18. The number of nitrogens with zero attached hydrogens (tertiary/aromatic N) is 1. The molecule has 0 saturated heterocycles. The van der Waals surface area contributed by atoms with Gasteiger partial charge in [-0.1, -0.05) is 38.1 Å². The summed E-state index contributed by atoms with van der Waals surface area (Å²) >= 11 is 0. The maximum Gasteiger partial charge on any atom is 0.521 e. The molecule has 0 fully saturated rings. The van der Waals surface area contributed by atoms with Gasteiger partial charge in [0, 0.05) is 23.2 Å². The van der Waals surface area contributed by atoms with E-state index in [1.54, 1.807) is 30.3 Å². The van der Waals surface area contributed by atoms with Crippen LogP contribution >= 0.6 is 0 Å². The average Bonchev–Trinajstić information content (AvgIpc) is 2.72. The zero-order valence-electron chi connectivity index (χ0n) is 18.2. The Morgan fingerprint density at radius 2 is 1.72 bits per heavy atom. The van der Waals surface area contributed by atoms with Crippen LogP contribution in [0.5, 0.6) is 11.5 Å². The summed E-state index contributed by atoms with van der Waals surface area (Å²) in [5.74, 6) is 0.826. The van der Waals surface area contributed by atoms with Gasteiger partial charge in [0.05, 0.1) is 6.61 Å². The standard InChI is InChI=1S/C23H26N2O6S/c1-23(2,3)18-7-9-19(10-8-18)30-32(27,28)31-24-14-4-5-15-29-20-11-12-21-17(16-20)6-13-22(26)25-21/h6-14,16H,4-5,15H2,1-3H3,(H,25,26). The molecule has 0 aliphatic heterocycles. The first-order valence-electron chi connectivity index (χ1n) is 10.1. The molecule has 1 aromatic heterocycles. The smallest absolute Gasteiger partial charge is 0.494 e. The van der Waals surface area contributed by atoms with Crippen molar-refractivity contribution in [2.75, 3.05) is 6.61 Å². The summed E-state index contributed by atoms with van der Waals surface area (Å²) in [6, 6.07) is 15.3. The van der Waals surface area contributed by atoms with Gasteiger partial charge in [0.25, 0.3) is 0 Å². The Kier molecular flexibility index (Phi) is 7.19. The average molecular weight is 459 g/mol. The number of benzene rings is 2. The summed E-state index contributed by atoms with van der Waals surface area (Å²) in [7, 11) is -4.30. The fourth-order valence-corrected chi connectivity index (χ4v) is 3.41. The molecule has 0 bridgehead atoms. The number of aromatic amines is 1. The zero-order valence-corrected chi connectivity index (χ0v) is 19.0. The molecule has 1 N–H and O–H groups in total. The van der Waals surface area contributed by atoms with Crippen molar-refractivity contribution in [2.45, 2.75) is 39.0 Å². The number of pyridine rings is 1. The zero-order chi connectivity index (χ0) is 23.2. The molecule has 8 nitrogen and oxygen atoms in total. The third-order valence-corrected chi connectivity index (χ3v) is 5.23. The van der Waals surface area contributed by atoms with Gasteiger partial charge in [0.2, 0.25) is 5.56 Å². The van der Waals surface area contributed by atoms with Crippen molar-refractivity contribution in [3.8, 4) is 11.5 Å². The van der Waals surface area contributed by atoms with Crippen LogP contribution in [0.25, 0.3) is 10.9 Å². The van der Waals surface area contributed by atoms with E-state index in [1.165, 1.54) is 12.3 Å². The van der Waals surface area contributed by atoms with Crippen LogP contribution in [-0.4, -0.2) is 26.2 Å². The van der Waals surface area contributed by atoms with E-state index in [9.17, 15) is 13.2 Å². The van der Waals surface area contributed by atoms with Gasteiger partial charge in [-0.2, -0.15) is 0 Å². The highest BCUT2D eigenvalue weighted by molar-refractivity contribution is 7.82. The molecule has 3 aromatic rings. The van der Waals surface area contributed by atoms with Gasteiger partial charge < -0.3 is 13.9 Å². The van der Waals surface area contributed by atoms with Crippen molar-refractivity contribution < 1.29 is 21.6 Å². The fraction of sp³-hybridized carbons (Fsp3) is 0.304. The Labute approximate surface area is 187 Å². The van der Waals surface area contributed by atoms with Gasteiger partial charge in [-0.15, -0.1) is 8.42 Å². The number of nitrogens with one attached hydrogen (secondary N) is 1. The first-order valence-corrected chi connectivity index (χ1v) is 11.5. The summed E-state index contributed by atoms with van der Waals surface area (Å²) in [4.78, 5) is 14.1. The topological polar surface area (TPSA) is 107 Å². The lowest BCUT2D eigenvalue weighted by Crippen LogP contribution is -2.12. The molecule has 0 spiro atoms. The fourth-order valence-electron chi connectivity index (χ4n) is 2.87. The van der Waals surface area contributed by atoms with Crippen LogP contribution in [0.3, 0.4) is 0 Å². The second-order valence-corrected chi connectivity index (χ2v) is 9.32. The van der Waals surface area contributed by atoms with E-state index in [0.717, 1.165) is 16.5 Å². The minimum atomic E-state index is -4.30. The van der Waals surface area contributed by atoms with E-state index < -0.39 is 10.4 Å². The van der Waals surface area contributed by atoms with E-state index in [1.807, 2.05) is 18.2 Å². The van der Waals surface area contributed by atoms with Gasteiger partial charge >= 0.3 is 10.4 Å². The quantitative estimate of drug-likeness (QED) is 0.291. The van der Waals surface area contributed by atoms with Gasteiger partial charge in [-0.05, 0) is 60.2 Å². The lowest BCUT2D eigenvalue weighted by molar-refractivity contribution is 0.287. The number of unbranched alkanes of at least 4 members (excludes halogenated alkanes) is 1. The summed E-state index contributed by atoms with van der Waals surface area (Å²) in [6.07, 6.45) is 2.40. The monoisotopic (exact) mass is 458 g/mol. The number of fused-ring (bicyclic) bond motifs is 1. The number of hydrogen-bond donors (Lipinski definition) is 1. The normalized spacial score (nSPS) is 12.2. The molecular formula is C23H26N2O6S. The number of ether oxygens (including phenoxy) is 1. The Balaban J connectivity index is 1.40. The molecule has 0 unspecified atom stereocenters. The highest BCUT2D eigenvalue weighted by atomic mass is 32.3. The molecule has 0 saturated carbocycles. The number of hydrogen-bond acceptors (Lipinski definition) is 7. The Hall–Kier alpha value is -3.33. The van der Waals surface area contributed by atoms with Gasteiger partial charge in [-0.3, -0.25) is 4.79 Å². The molecule has 0 aliphatic rings. The van der Waals surface area contributed by atoms with Crippen LogP contribution in [0, 0.1) is 0 Å². The third-order valence-electron chi connectivity index (χ3n) is 4.57. The first kappa shape index (κ1) is 23.3. The largest absolute Gasteiger partial charge is 0.521 e. The molecule has 0 atom stereocenters. The molecular weight excluding hydrogens is 432 g/mol. The maximum atomic E-state index is 11.9. The third kappa shape index (κ3) is 6.84. The molecule has 2 aromatic carbocycles. The summed E-state index contributed by atoms with van der Waals surface area (Å²) in [5.41, 5.74) is 1.60. The van der Waals surface area contributed by atoms with E-state index in [-0.39, 0.29) is 16.7 Å². The van der Waals surface area contributed by atoms with E-state index in [0.29, 0.717) is 25.2 Å². The van der Waals surface area contributed by atoms with Crippen LogP contribution in [-0.2, 0) is 20.1 Å². The Bertz CT molecular complexity index is 1240. The van der Waals surface area contributed by atoms with Gasteiger partial charge in [0.15, 0.2) is 0 Å². The Morgan fingerprint density at radius 1 is 1.00 bits per heavy atom. The SMILES string of the molecule is CC(C)(C)c1ccc(OS(=O)(=O)ON=CCCCOc2ccc3[nH]c(=O)ccc3c2)cc1. The van der Waals surface area contributed by atoms with Crippen LogP contribution in [0.1, 0.15) is 39.2 Å². The molecule has 0 amide bonds. The molecule has 0 radical (unpaired) electrons. The van der Waals surface area contributed by atoms with Crippen LogP contribution in [0.4, 0.5) is 0 Å². The molecule has 9 heteroatoms. The van der Waals surface area contributed by atoms with Crippen molar-refractivity contribution in [3.05, 3.63) is 70.5 Å². The van der Waals surface area contributed by atoms with E-state index in [2.05, 4.69) is 35.2 Å². The number of H-pyrrole nitrogens is 1. The molecule has 0 aliphatic carbocycles. The predicted molar refractivity (Wildman–Crippen MR) is 124 cm³/mol. The molecule has 3 rings (SSSR count). The molecule has 170 valence electrons. The van der Waals surface area contributed by atoms with Crippen molar-refractivity contribution in [3.63, 3.8) is 0 Å². The highest BCUT2D eigenvalue weighted by Gasteiger charge is 2.17. The second-order valence-electron chi connectivity index (χ2n) is 8.19. The van der Waals surface area contributed by atoms with Crippen LogP contribution in [0.15, 0.2) is 64.5 Å². The second kappa shape index (κ2) is 9.86. The maximum absolute atomic E-state index is 11.9. The minimum Gasteiger partial charge on any atom is -0.494 e. The lowest BCUT2D eigenvalue weighted by atomic mass is 9.87. The van der Waals surface area contributed by atoms with Crippen molar-refractivity contribution >= 4 is 27.5 Å². The highest BCUT2D eigenvalue weighted by Crippen LogP contribution is 2.25. The number of aromatic nitrogens is 1. The molecule has 1 heterocycles. The van der Waals surface area contributed by atoms with Crippen LogP contribution in [0.2, 0.25) is 0 Å². The van der Waals surface area contributed by atoms with Gasteiger partial charge in [0.1, 0.15) is 11.5 Å². The van der Waals surface area contributed by atoms with Crippen LogP contribution < -0.4 is 14.5 Å². The minimum absolute atomic E-state index is 0.0451. The van der Waals surface area contributed by atoms with Crippen molar-refractivity contribution in [1.82, 2.24) is 4.98 Å². The summed E-state index contributed by atoms with van der Waals surface area (Å²) in [6.45, 7) is 6.60.